The normalized spacial score (nSPS) is 17.2. The molecule has 1 aliphatic rings. The lowest BCUT2D eigenvalue weighted by Crippen LogP contribution is -2.52. The summed E-state index contributed by atoms with van der Waals surface area (Å²) in [6.45, 7) is 2.05. The average molecular weight is 235 g/mol. The van der Waals surface area contributed by atoms with Gasteiger partial charge in [0.05, 0.1) is 0 Å². The van der Waals surface area contributed by atoms with Gasteiger partial charge in [-0.15, -0.1) is 0 Å². The molecular weight excluding hydrogens is 218 g/mol. The van der Waals surface area contributed by atoms with Crippen LogP contribution in [0.3, 0.4) is 0 Å². The van der Waals surface area contributed by atoms with Crippen LogP contribution in [0, 0.1) is 0 Å². The van der Waals surface area contributed by atoms with Crippen LogP contribution in [0.15, 0.2) is 23.1 Å². The fraction of sp³-hybridized carbons (Fsp3) is 0.500. The van der Waals surface area contributed by atoms with Crippen molar-refractivity contribution in [3.8, 4) is 0 Å². The number of carbonyl (C=O) groups is 1. The van der Waals surface area contributed by atoms with Gasteiger partial charge in [0.1, 0.15) is 6.54 Å². The second-order valence-corrected chi connectivity index (χ2v) is 4.89. The van der Waals surface area contributed by atoms with E-state index in [-0.39, 0.29) is 23.6 Å². The summed E-state index contributed by atoms with van der Waals surface area (Å²) < 4.78 is 1.33. The lowest BCUT2D eigenvalue weighted by atomic mass is 9.78. The Morgan fingerprint density at radius 1 is 1.53 bits per heavy atom. The molecule has 0 radical (unpaired) electrons. The molecule has 1 aliphatic carbocycles. The maximum atomic E-state index is 11.8. The van der Waals surface area contributed by atoms with E-state index in [9.17, 15) is 9.59 Å². The number of anilines is 1. The van der Waals surface area contributed by atoms with Gasteiger partial charge in [-0.2, -0.15) is 0 Å². The van der Waals surface area contributed by atoms with E-state index in [2.05, 4.69) is 5.32 Å². The molecule has 3 N–H and O–H groups in total. The summed E-state index contributed by atoms with van der Waals surface area (Å²) >= 11 is 0. The average Bonchev–Trinajstić information content (AvgIpc) is 2.21. The zero-order valence-electron chi connectivity index (χ0n) is 9.90. The van der Waals surface area contributed by atoms with Crippen LogP contribution in [0.25, 0.3) is 0 Å². The number of nitrogens with two attached hydrogens (primary N) is 1. The number of nitrogen functional groups attached to an aromatic ring is 1. The minimum atomic E-state index is -0.215. The van der Waals surface area contributed by atoms with Gasteiger partial charge in [0, 0.05) is 23.5 Å². The molecule has 1 aromatic heterocycles. The van der Waals surface area contributed by atoms with Crippen molar-refractivity contribution in [1.29, 1.82) is 0 Å². The Morgan fingerprint density at radius 2 is 2.24 bits per heavy atom. The summed E-state index contributed by atoms with van der Waals surface area (Å²) in [6.07, 6.45) is 4.65. The Balaban J connectivity index is 2.03. The van der Waals surface area contributed by atoms with Crippen LogP contribution >= 0.6 is 0 Å². The van der Waals surface area contributed by atoms with Crippen LogP contribution in [0.1, 0.15) is 26.2 Å². The molecule has 0 bridgehead atoms. The lowest BCUT2D eigenvalue weighted by Gasteiger charge is -2.39. The topological polar surface area (TPSA) is 77.1 Å². The molecule has 5 nitrogen and oxygen atoms in total. The first kappa shape index (κ1) is 11.7. The van der Waals surface area contributed by atoms with Crippen molar-refractivity contribution < 1.29 is 4.79 Å². The van der Waals surface area contributed by atoms with E-state index >= 15 is 0 Å². The third kappa shape index (κ3) is 2.67. The van der Waals surface area contributed by atoms with Crippen molar-refractivity contribution in [2.24, 2.45) is 0 Å². The van der Waals surface area contributed by atoms with E-state index in [1.807, 2.05) is 6.92 Å². The predicted molar refractivity (Wildman–Crippen MR) is 65.5 cm³/mol. The first-order valence-electron chi connectivity index (χ1n) is 5.75. The van der Waals surface area contributed by atoms with Crippen LogP contribution in [-0.4, -0.2) is 16.0 Å². The minimum absolute atomic E-state index is 0.0272. The summed E-state index contributed by atoms with van der Waals surface area (Å²) in [4.78, 5) is 23.3. The highest BCUT2D eigenvalue weighted by Gasteiger charge is 2.32. The molecule has 1 aromatic rings. The van der Waals surface area contributed by atoms with E-state index in [1.54, 1.807) is 0 Å². The summed E-state index contributed by atoms with van der Waals surface area (Å²) in [5, 5.41) is 2.95. The molecule has 92 valence electrons. The minimum Gasteiger partial charge on any atom is -0.398 e. The van der Waals surface area contributed by atoms with E-state index < -0.39 is 0 Å². The van der Waals surface area contributed by atoms with Gasteiger partial charge in [0.2, 0.25) is 5.91 Å². The number of aromatic nitrogens is 1. The Labute approximate surface area is 99.6 Å². The van der Waals surface area contributed by atoms with Gasteiger partial charge in [-0.25, -0.2) is 0 Å². The quantitative estimate of drug-likeness (QED) is 0.800. The molecule has 1 fully saturated rings. The highest BCUT2D eigenvalue weighted by Crippen LogP contribution is 2.30. The standard InChI is InChI=1S/C12H17N3O2/c1-12(5-2-6-12)14-10(16)8-15-7-9(13)3-4-11(15)17/h3-4,7H,2,5-6,8,13H2,1H3,(H,14,16). The van der Waals surface area contributed by atoms with Crippen molar-refractivity contribution in [2.45, 2.75) is 38.3 Å². The van der Waals surface area contributed by atoms with Gasteiger partial charge in [0.15, 0.2) is 0 Å². The molecule has 0 unspecified atom stereocenters. The van der Waals surface area contributed by atoms with Crippen molar-refractivity contribution in [3.05, 3.63) is 28.7 Å². The SMILES string of the molecule is CC1(NC(=O)Cn2cc(N)ccc2=O)CCC1. The molecule has 0 saturated heterocycles. The summed E-state index contributed by atoms with van der Waals surface area (Å²) in [5.74, 6) is -0.139. The largest absolute Gasteiger partial charge is 0.398 e. The number of amides is 1. The monoisotopic (exact) mass is 235 g/mol. The fourth-order valence-electron chi connectivity index (χ4n) is 2.04. The molecule has 1 amide bonds. The molecule has 0 spiro atoms. The van der Waals surface area contributed by atoms with Crippen LogP contribution in [0.5, 0.6) is 0 Å². The molecule has 1 saturated carbocycles. The van der Waals surface area contributed by atoms with Crippen LogP contribution in [0.2, 0.25) is 0 Å². The highest BCUT2D eigenvalue weighted by molar-refractivity contribution is 5.76. The molecule has 1 heterocycles. The Morgan fingerprint density at radius 3 is 2.82 bits per heavy atom. The third-order valence-corrected chi connectivity index (χ3v) is 3.22. The molecule has 2 rings (SSSR count). The molecule has 17 heavy (non-hydrogen) atoms. The van der Waals surface area contributed by atoms with Crippen LogP contribution in [0.4, 0.5) is 5.69 Å². The number of nitrogens with zero attached hydrogens (tertiary/aromatic N) is 1. The van der Waals surface area contributed by atoms with Crippen LogP contribution in [-0.2, 0) is 11.3 Å². The second-order valence-electron chi connectivity index (χ2n) is 4.89. The fourth-order valence-corrected chi connectivity index (χ4v) is 2.04. The van der Waals surface area contributed by atoms with E-state index in [0.717, 1.165) is 19.3 Å². The molecule has 5 heteroatoms. The number of carbonyl (C=O) groups excluding carboxylic acids is 1. The van der Waals surface area contributed by atoms with Gasteiger partial charge in [-0.05, 0) is 32.3 Å². The molecule has 0 atom stereocenters. The van der Waals surface area contributed by atoms with E-state index in [0.29, 0.717) is 5.69 Å². The maximum Gasteiger partial charge on any atom is 0.251 e. The lowest BCUT2D eigenvalue weighted by molar-refractivity contribution is -0.124. The second kappa shape index (κ2) is 4.24. The number of rotatable bonds is 3. The molecule has 0 aliphatic heterocycles. The first-order chi connectivity index (χ1) is 7.98. The molecule has 0 aromatic carbocycles. The zero-order valence-corrected chi connectivity index (χ0v) is 9.90. The van der Waals surface area contributed by atoms with E-state index in [1.165, 1.54) is 22.9 Å². The summed E-state index contributed by atoms with van der Waals surface area (Å²) in [7, 11) is 0. The van der Waals surface area contributed by atoms with Gasteiger partial charge in [-0.1, -0.05) is 0 Å². The van der Waals surface area contributed by atoms with Gasteiger partial charge in [-0.3, -0.25) is 9.59 Å². The zero-order chi connectivity index (χ0) is 12.5. The van der Waals surface area contributed by atoms with Crippen molar-refractivity contribution in [1.82, 2.24) is 9.88 Å². The molecular formula is C12H17N3O2. The van der Waals surface area contributed by atoms with Crippen molar-refractivity contribution in [3.63, 3.8) is 0 Å². The highest BCUT2D eigenvalue weighted by atomic mass is 16.2. The van der Waals surface area contributed by atoms with Gasteiger partial charge in [0.25, 0.3) is 5.56 Å². The summed E-state index contributed by atoms with van der Waals surface area (Å²) in [6, 6.07) is 2.90. The van der Waals surface area contributed by atoms with Gasteiger partial charge >= 0.3 is 0 Å². The Hall–Kier alpha value is -1.78. The third-order valence-electron chi connectivity index (χ3n) is 3.22. The number of pyridine rings is 1. The Kier molecular flexibility index (Phi) is 2.92. The number of hydrogen-bond donors (Lipinski definition) is 2. The first-order valence-corrected chi connectivity index (χ1v) is 5.75. The summed E-state index contributed by atoms with van der Waals surface area (Å²) in [5.41, 5.74) is 5.76. The van der Waals surface area contributed by atoms with Crippen LogP contribution < -0.4 is 16.6 Å². The van der Waals surface area contributed by atoms with Crippen molar-refractivity contribution >= 4 is 11.6 Å². The van der Waals surface area contributed by atoms with Crippen molar-refractivity contribution in [2.75, 3.05) is 5.73 Å². The number of nitrogens with one attached hydrogen (secondary N) is 1. The number of hydrogen-bond acceptors (Lipinski definition) is 3. The maximum absolute atomic E-state index is 11.8. The predicted octanol–water partition coefficient (Wildman–Crippen LogP) is 0.489. The van der Waals surface area contributed by atoms with E-state index in [4.69, 9.17) is 5.73 Å². The smallest absolute Gasteiger partial charge is 0.251 e. The van der Waals surface area contributed by atoms with Gasteiger partial charge < -0.3 is 15.6 Å². The Bertz CT molecular complexity index is 489.